The molecule has 4 rings (SSSR count). The highest BCUT2D eigenvalue weighted by atomic mass is 16.6. The average molecular weight is 507 g/mol. The highest BCUT2D eigenvalue weighted by Crippen LogP contribution is 2.28. The Balaban J connectivity index is 1.54. The second-order valence-corrected chi connectivity index (χ2v) is 8.66. The molecule has 0 bridgehead atoms. The molecule has 9 heteroatoms. The first kappa shape index (κ1) is 26.0. The molecule has 1 amide bonds. The first-order valence-corrected chi connectivity index (χ1v) is 12.1. The van der Waals surface area contributed by atoms with Gasteiger partial charge in [0.1, 0.15) is 24.0 Å². The molecule has 0 aliphatic carbocycles. The summed E-state index contributed by atoms with van der Waals surface area (Å²) in [5, 5.41) is 12.9. The molecule has 2 aromatic carbocycles. The number of esters is 1. The maximum absolute atomic E-state index is 13.1. The lowest BCUT2D eigenvalue weighted by molar-refractivity contribution is -0.157. The van der Waals surface area contributed by atoms with Gasteiger partial charge in [-0.15, -0.1) is 0 Å². The zero-order valence-corrected chi connectivity index (χ0v) is 20.7. The van der Waals surface area contributed by atoms with Crippen LogP contribution in [0.25, 0.3) is 0 Å². The van der Waals surface area contributed by atoms with Crippen LogP contribution in [0.3, 0.4) is 0 Å². The van der Waals surface area contributed by atoms with Crippen LogP contribution in [-0.4, -0.2) is 60.0 Å². The Labute approximate surface area is 215 Å². The number of cyclic esters (lactones) is 1. The van der Waals surface area contributed by atoms with Crippen LogP contribution in [0, 0.1) is 0 Å². The van der Waals surface area contributed by atoms with Crippen LogP contribution >= 0.6 is 0 Å². The number of pyridine rings is 1. The molecule has 9 nitrogen and oxygen atoms in total. The van der Waals surface area contributed by atoms with Crippen molar-refractivity contribution >= 4 is 11.9 Å². The van der Waals surface area contributed by atoms with E-state index in [4.69, 9.17) is 18.9 Å². The Morgan fingerprint density at radius 3 is 2.51 bits per heavy atom. The lowest BCUT2D eigenvalue weighted by Gasteiger charge is -2.31. The number of carbonyl (C=O) groups excluding carboxylic acids is 2. The Kier molecular flexibility index (Phi) is 8.58. The smallest absolute Gasteiger partial charge is 0.329 e. The fourth-order valence-corrected chi connectivity index (χ4v) is 4.16. The summed E-state index contributed by atoms with van der Waals surface area (Å²) in [5.74, 6) is -1.06. The quantitative estimate of drug-likeness (QED) is 0.469. The fourth-order valence-electron chi connectivity index (χ4n) is 4.16. The van der Waals surface area contributed by atoms with Crippen LogP contribution in [0.2, 0.25) is 0 Å². The zero-order valence-electron chi connectivity index (χ0n) is 20.7. The minimum atomic E-state index is -1.02. The highest BCUT2D eigenvalue weighted by molar-refractivity contribution is 5.97. The molecule has 1 aliphatic heterocycles. The summed E-state index contributed by atoms with van der Waals surface area (Å²) in [6, 6.07) is 19.5. The summed E-state index contributed by atoms with van der Waals surface area (Å²) in [7, 11) is 1.37. The topological polar surface area (TPSA) is 116 Å². The Hall–Kier alpha value is -4.11. The van der Waals surface area contributed by atoms with E-state index in [1.165, 1.54) is 19.4 Å². The molecule has 1 saturated heterocycles. The molecule has 2 N–H and O–H groups in total. The number of hydrogen-bond donors (Lipinski definition) is 2. The maximum Gasteiger partial charge on any atom is 0.329 e. The number of para-hydroxylation sites is 1. The number of rotatable bonds is 7. The highest BCUT2D eigenvalue weighted by Gasteiger charge is 2.37. The van der Waals surface area contributed by atoms with Crippen LogP contribution < -0.4 is 14.8 Å². The van der Waals surface area contributed by atoms with E-state index in [1.54, 1.807) is 6.92 Å². The van der Waals surface area contributed by atoms with Crippen LogP contribution in [-0.2, 0) is 20.7 Å². The molecule has 2 heterocycles. The van der Waals surface area contributed by atoms with Gasteiger partial charge in [0.05, 0.1) is 7.11 Å². The second-order valence-electron chi connectivity index (χ2n) is 8.66. The van der Waals surface area contributed by atoms with Crippen molar-refractivity contribution in [2.75, 3.05) is 13.7 Å². The first-order chi connectivity index (χ1) is 18.0. The molecule has 3 aromatic rings. The van der Waals surface area contributed by atoms with Crippen LogP contribution in [0.4, 0.5) is 0 Å². The fraction of sp³-hybridized carbons (Fsp3) is 0.321. The van der Waals surface area contributed by atoms with E-state index in [1.807, 2.05) is 60.7 Å². The van der Waals surface area contributed by atoms with Crippen molar-refractivity contribution in [2.45, 2.75) is 44.1 Å². The van der Waals surface area contributed by atoms with Gasteiger partial charge in [0.25, 0.3) is 5.91 Å². The van der Waals surface area contributed by atoms with E-state index < -0.39 is 42.0 Å². The van der Waals surface area contributed by atoms with Crippen molar-refractivity contribution in [3.05, 3.63) is 84.2 Å². The minimum absolute atomic E-state index is 0.0961. The van der Waals surface area contributed by atoms with Crippen molar-refractivity contribution in [2.24, 2.45) is 0 Å². The van der Waals surface area contributed by atoms with E-state index >= 15 is 0 Å². The predicted molar refractivity (Wildman–Crippen MR) is 135 cm³/mol. The van der Waals surface area contributed by atoms with E-state index in [9.17, 15) is 14.7 Å². The standard InChI is InChI=1S/C28H30N2O7/c1-18-26(37-20-11-7-4-8-12-20)23(17-19-9-5-3-6-10-19)35-16-14-21(28(33)36-18)30-27(32)24-25(31)22(34-2)13-15-29-24/h3-13,15,18,21,23,26,31H,14,16-17H2,1-2H3,(H,30,32)/t18-,21-,23+,26-/m0/s1. The number of nitrogens with zero attached hydrogens (tertiary/aromatic N) is 1. The van der Waals surface area contributed by atoms with Crippen LogP contribution in [0.1, 0.15) is 29.4 Å². The zero-order chi connectivity index (χ0) is 26.2. The van der Waals surface area contributed by atoms with E-state index in [-0.39, 0.29) is 24.5 Å². The number of aromatic nitrogens is 1. The molecule has 1 fully saturated rings. The minimum Gasteiger partial charge on any atom is -0.503 e. The lowest BCUT2D eigenvalue weighted by atomic mass is 10.0. The monoisotopic (exact) mass is 506 g/mol. The van der Waals surface area contributed by atoms with Gasteiger partial charge in [-0.1, -0.05) is 48.5 Å². The van der Waals surface area contributed by atoms with E-state index in [2.05, 4.69) is 10.3 Å². The number of ether oxygens (including phenoxy) is 4. The third-order valence-corrected chi connectivity index (χ3v) is 6.08. The molecule has 0 saturated carbocycles. The van der Waals surface area contributed by atoms with E-state index in [0.29, 0.717) is 12.2 Å². The number of aromatic hydroxyl groups is 1. The Bertz CT molecular complexity index is 1190. The van der Waals surface area contributed by atoms with Crippen molar-refractivity contribution in [1.29, 1.82) is 0 Å². The van der Waals surface area contributed by atoms with Gasteiger partial charge in [-0.05, 0) is 24.6 Å². The average Bonchev–Trinajstić information content (AvgIpc) is 2.95. The molecular weight excluding hydrogens is 476 g/mol. The third kappa shape index (κ3) is 6.56. The predicted octanol–water partition coefficient (Wildman–Crippen LogP) is 3.31. The summed E-state index contributed by atoms with van der Waals surface area (Å²) in [4.78, 5) is 29.9. The van der Waals surface area contributed by atoms with Gasteiger partial charge in [0.15, 0.2) is 23.3 Å². The summed E-state index contributed by atoms with van der Waals surface area (Å²) in [6.07, 6.45) is 0.306. The normalized spacial score (nSPS) is 22.1. The second kappa shape index (κ2) is 12.2. The van der Waals surface area contributed by atoms with Crippen molar-refractivity contribution in [1.82, 2.24) is 10.3 Å². The number of hydrogen-bond acceptors (Lipinski definition) is 8. The molecule has 1 aromatic heterocycles. The van der Waals surface area contributed by atoms with Crippen molar-refractivity contribution in [3.8, 4) is 17.2 Å². The van der Waals surface area contributed by atoms with Gasteiger partial charge in [-0.3, -0.25) is 4.79 Å². The number of methoxy groups -OCH3 is 1. The molecule has 0 radical (unpaired) electrons. The van der Waals surface area contributed by atoms with Gasteiger partial charge >= 0.3 is 5.97 Å². The lowest BCUT2D eigenvalue weighted by Crippen LogP contribution is -2.47. The van der Waals surface area contributed by atoms with Crippen LogP contribution in [0.15, 0.2) is 72.9 Å². The number of benzene rings is 2. The van der Waals surface area contributed by atoms with Gasteiger partial charge in [0.2, 0.25) is 0 Å². The van der Waals surface area contributed by atoms with Crippen molar-refractivity contribution < 1.29 is 33.6 Å². The molecular formula is C28H30N2O7. The Morgan fingerprint density at radius 1 is 1.11 bits per heavy atom. The van der Waals surface area contributed by atoms with Gasteiger partial charge in [-0.2, -0.15) is 0 Å². The number of nitrogens with one attached hydrogen (secondary N) is 1. The number of carbonyl (C=O) groups is 2. The molecule has 4 atom stereocenters. The Morgan fingerprint density at radius 2 is 1.81 bits per heavy atom. The third-order valence-electron chi connectivity index (χ3n) is 6.08. The van der Waals surface area contributed by atoms with Gasteiger partial charge < -0.3 is 29.4 Å². The van der Waals surface area contributed by atoms with Gasteiger partial charge in [-0.25, -0.2) is 9.78 Å². The summed E-state index contributed by atoms with van der Waals surface area (Å²) < 4.78 is 23.3. The summed E-state index contributed by atoms with van der Waals surface area (Å²) in [5.41, 5.74) is 0.796. The molecule has 37 heavy (non-hydrogen) atoms. The van der Waals surface area contributed by atoms with Gasteiger partial charge in [0, 0.05) is 31.7 Å². The molecule has 194 valence electrons. The number of amides is 1. The van der Waals surface area contributed by atoms with Crippen LogP contribution in [0.5, 0.6) is 17.2 Å². The first-order valence-electron chi connectivity index (χ1n) is 12.1. The van der Waals surface area contributed by atoms with E-state index in [0.717, 1.165) is 5.56 Å². The van der Waals surface area contributed by atoms with Crippen molar-refractivity contribution in [3.63, 3.8) is 0 Å². The molecule has 1 aliphatic rings. The summed E-state index contributed by atoms with van der Waals surface area (Å²) >= 11 is 0. The molecule has 0 spiro atoms. The largest absolute Gasteiger partial charge is 0.503 e. The molecule has 0 unspecified atom stereocenters. The summed E-state index contributed by atoms with van der Waals surface area (Å²) in [6.45, 7) is 1.91. The SMILES string of the molecule is COc1ccnc(C(=O)N[C@H]2CCO[C@H](Cc3ccccc3)[C@@H](Oc3ccccc3)[C@H](C)OC2=O)c1O. The maximum atomic E-state index is 13.1.